The second-order valence-corrected chi connectivity index (χ2v) is 2.84. The number of hydrogen-bond acceptors (Lipinski definition) is 4. The first-order chi connectivity index (χ1) is 7.67. The van der Waals surface area contributed by atoms with E-state index in [1.165, 1.54) is 6.07 Å². The van der Waals surface area contributed by atoms with Crippen molar-refractivity contribution in [2.24, 2.45) is 0 Å². The van der Waals surface area contributed by atoms with Crippen LogP contribution in [0.3, 0.4) is 0 Å². The van der Waals surface area contributed by atoms with E-state index in [4.69, 9.17) is 0 Å². The lowest BCUT2D eigenvalue weighted by atomic mass is 10.2. The van der Waals surface area contributed by atoms with Crippen LogP contribution in [0, 0.1) is 17.1 Å². The topological polar surface area (TPSA) is 51.2 Å². The molecule has 0 atom stereocenters. The Kier molecular flexibility index (Phi) is 4.61. The van der Waals surface area contributed by atoms with Gasteiger partial charge in [-0.25, -0.2) is 9.78 Å². The molecule has 0 spiro atoms. The van der Waals surface area contributed by atoms with E-state index >= 15 is 0 Å². The van der Waals surface area contributed by atoms with Gasteiger partial charge in [0.1, 0.15) is 0 Å². The van der Waals surface area contributed by atoms with Gasteiger partial charge in [-0.3, -0.25) is 5.32 Å². The molecule has 0 aliphatic carbocycles. The maximum atomic E-state index is 12.9. The molecule has 0 saturated heterocycles. The zero-order valence-corrected chi connectivity index (χ0v) is 9.35. The van der Waals surface area contributed by atoms with Gasteiger partial charge in [0.05, 0.1) is 12.2 Å². The van der Waals surface area contributed by atoms with Gasteiger partial charge < -0.3 is 4.74 Å². The molecule has 0 saturated carbocycles. The Bertz CT molecular complexity index is 454. The number of aromatic nitrogens is 1. The van der Waals surface area contributed by atoms with Gasteiger partial charge in [0.2, 0.25) is 5.95 Å². The van der Waals surface area contributed by atoms with E-state index in [2.05, 4.69) is 38.8 Å². The fraction of sp³-hybridized carbons (Fsp3) is 0.200. The van der Waals surface area contributed by atoms with Gasteiger partial charge >= 0.3 is 6.09 Å². The first-order valence-corrected chi connectivity index (χ1v) is 4.87. The van der Waals surface area contributed by atoms with Crippen molar-refractivity contribution in [2.75, 3.05) is 11.9 Å². The second kappa shape index (κ2) is 5.98. The molecule has 0 fully saturated rings. The van der Waals surface area contributed by atoms with Gasteiger partial charge in [-0.05, 0) is 24.3 Å². The number of thiol groups is 1. The lowest BCUT2D eigenvalue weighted by Crippen LogP contribution is -2.15. The van der Waals surface area contributed by atoms with Crippen LogP contribution < -0.4 is 5.32 Å². The number of halogens is 1. The maximum absolute atomic E-state index is 12.9. The normalized spacial score (nSPS) is 8.94. The van der Waals surface area contributed by atoms with Crippen LogP contribution in [0.25, 0.3) is 0 Å². The molecule has 0 unspecified atom stereocenters. The fourth-order valence-corrected chi connectivity index (χ4v) is 1.08. The number of pyridine rings is 1. The van der Waals surface area contributed by atoms with E-state index in [0.29, 0.717) is 5.56 Å². The summed E-state index contributed by atoms with van der Waals surface area (Å²) < 4.78 is 17.5. The van der Waals surface area contributed by atoms with Crippen LogP contribution in [0.1, 0.15) is 12.5 Å². The molecule has 16 heavy (non-hydrogen) atoms. The average molecular weight is 240 g/mol. The molecule has 6 heteroatoms. The lowest BCUT2D eigenvalue weighted by Gasteiger charge is -2.06. The summed E-state index contributed by atoms with van der Waals surface area (Å²) in [6.45, 7) is 1.88. The van der Waals surface area contributed by atoms with Gasteiger partial charge in [-0.1, -0.05) is 18.5 Å². The number of amides is 1. The Labute approximate surface area is 97.6 Å². The average Bonchev–Trinajstić information content (AvgIpc) is 2.22. The van der Waals surface area contributed by atoms with Gasteiger partial charge in [0, 0.05) is 0 Å². The molecule has 1 amide bonds. The van der Waals surface area contributed by atoms with Crippen molar-refractivity contribution in [3.63, 3.8) is 0 Å². The van der Waals surface area contributed by atoms with E-state index < -0.39 is 12.0 Å². The van der Waals surface area contributed by atoms with Crippen molar-refractivity contribution in [1.82, 2.24) is 4.98 Å². The molecule has 84 valence electrons. The standard InChI is InChI=1S/C10H9FN2O2S/c1-2-15-10(14)13-9-7(5-6-16)3-4-8(11)12-9/h3-4,16H,2H2,1H3,(H,12,13,14). The molecule has 0 aliphatic rings. The van der Waals surface area contributed by atoms with Crippen LogP contribution in [-0.4, -0.2) is 17.7 Å². The Morgan fingerprint density at radius 1 is 1.69 bits per heavy atom. The highest BCUT2D eigenvalue weighted by atomic mass is 32.1. The Morgan fingerprint density at radius 3 is 3.06 bits per heavy atom. The number of nitrogens with one attached hydrogen (secondary N) is 1. The molecule has 1 N–H and O–H groups in total. The van der Waals surface area contributed by atoms with Crippen LogP contribution in [-0.2, 0) is 4.74 Å². The summed E-state index contributed by atoms with van der Waals surface area (Å²) in [4.78, 5) is 14.6. The summed E-state index contributed by atoms with van der Waals surface area (Å²) >= 11 is 3.71. The summed E-state index contributed by atoms with van der Waals surface area (Å²) in [6.07, 6.45) is -0.706. The summed E-state index contributed by atoms with van der Waals surface area (Å²) in [7, 11) is 0. The molecule has 0 bridgehead atoms. The molecular weight excluding hydrogens is 231 g/mol. The van der Waals surface area contributed by atoms with Crippen LogP contribution in [0.2, 0.25) is 0 Å². The molecule has 0 radical (unpaired) electrons. The number of carbonyl (C=O) groups is 1. The molecule has 0 aliphatic heterocycles. The van der Waals surface area contributed by atoms with Crippen LogP contribution in [0.15, 0.2) is 12.1 Å². The smallest absolute Gasteiger partial charge is 0.412 e. The van der Waals surface area contributed by atoms with E-state index in [-0.39, 0.29) is 12.4 Å². The lowest BCUT2D eigenvalue weighted by molar-refractivity contribution is 0.168. The summed E-state index contributed by atoms with van der Waals surface area (Å²) in [5.74, 6) is 1.87. The van der Waals surface area contributed by atoms with Crippen LogP contribution >= 0.6 is 12.6 Å². The SMILES string of the molecule is CCOC(=O)Nc1nc(F)ccc1C#CS. The number of anilines is 1. The molecule has 1 aromatic rings. The van der Waals surface area contributed by atoms with E-state index in [9.17, 15) is 9.18 Å². The number of carbonyl (C=O) groups excluding carboxylic acids is 1. The summed E-state index contributed by atoms with van der Waals surface area (Å²) in [5.41, 5.74) is 0.365. The summed E-state index contributed by atoms with van der Waals surface area (Å²) in [5, 5.41) is 4.63. The number of rotatable bonds is 2. The van der Waals surface area contributed by atoms with Gasteiger partial charge in [-0.2, -0.15) is 4.39 Å². The van der Waals surface area contributed by atoms with Crippen molar-refractivity contribution >= 4 is 24.5 Å². The zero-order valence-electron chi connectivity index (χ0n) is 8.45. The Morgan fingerprint density at radius 2 is 2.44 bits per heavy atom. The molecule has 1 heterocycles. The van der Waals surface area contributed by atoms with Crippen molar-refractivity contribution in [1.29, 1.82) is 0 Å². The van der Waals surface area contributed by atoms with E-state index in [0.717, 1.165) is 6.07 Å². The van der Waals surface area contributed by atoms with Gasteiger partial charge in [0.25, 0.3) is 0 Å². The number of nitrogens with zero attached hydrogens (tertiary/aromatic N) is 1. The van der Waals surface area contributed by atoms with Gasteiger partial charge in [0.15, 0.2) is 5.82 Å². The monoisotopic (exact) mass is 240 g/mol. The van der Waals surface area contributed by atoms with Crippen LogP contribution in [0.4, 0.5) is 15.0 Å². The molecule has 4 nitrogen and oxygen atoms in total. The molecule has 0 aromatic carbocycles. The van der Waals surface area contributed by atoms with Crippen molar-refractivity contribution in [3.05, 3.63) is 23.6 Å². The third-order valence-electron chi connectivity index (χ3n) is 1.55. The highest BCUT2D eigenvalue weighted by molar-refractivity contribution is 7.85. The van der Waals surface area contributed by atoms with E-state index in [1.54, 1.807) is 6.92 Å². The Hall–Kier alpha value is -1.74. The minimum absolute atomic E-state index is 0.0139. The maximum Gasteiger partial charge on any atom is 0.412 e. The van der Waals surface area contributed by atoms with Crippen molar-refractivity contribution in [3.8, 4) is 11.2 Å². The van der Waals surface area contributed by atoms with E-state index in [1.807, 2.05) is 0 Å². The first-order valence-electron chi connectivity index (χ1n) is 4.42. The predicted octanol–water partition coefficient (Wildman–Crippen LogP) is 2.03. The van der Waals surface area contributed by atoms with Crippen LogP contribution in [0.5, 0.6) is 0 Å². The first kappa shape index (κ1) is 12.3. The third kappa shape index (κ3) is 3.44. The molecular formula is C10H9FN2O2S. The number of hydrogen-bond donors (Lipinski definition) is 2. The minimum Gasteiger partial charge on any atom is -0.450 e. The van der Waals surface area contributed by atoms with Gasteiger partial charge in [-0.15, -0.1) is 0 Å². The second-order valence-electron chi connectivity index (χ2n) is 2.61. The molecule has 1 rings (SSSR count). The molecule has 1 aromatic heterocycles. The zero-order chi connectivity index (χ0) is 12.0. The minimum atomic E-state index is -0.712. The van der Waals surface area contributed by atoms with Crippen molar-refractivity contribution < 1.29 is 13.9 Å². The Balaban J connectivity index is 2.94. The highest BCUT2D eigenvalue weighted by Gasteiger charge is 2.08. The largest absolute Gasteiger partial charge is 0.450 e. The summed E-state index contributed by atoms with van der Waals surface area (Å²) in [6, 6.07) is 2.54. The quantitative estimate of drug-likeness (QED) is 0.472. The highest BCUT2D eigenvalue weighted by Crippen LogP contribution is 2.12. The van der Waals surface area contributed by atoms with Crippen molar-refractivity contribution in [2.45, 2.75) is 6.92 Å². The fourth-order valence-electron chi connectivity index (χ4n) is 0.956. The number of ether oxygens (including phenoxy) is 1. The predicted molar refractivity (Wildman–Crippen MR) is 60.7 cm³/mol. The third-order valence-corrected chi connectivity index (χ3v) is 1.66.